The Balaban J connectivity index is 2.44. The molecule has 16 heavy (non-hydrogen) atoms. The predicted molar refractivity (Wildman–Crippen MR) is 67.4 cm³/mol. The SMILES string of the molecule is CCCCC(C)N1CC(SC(C)=O)CC1=O. The van der Waals surface area contributed by atoms with Crippen molar-refractivity contribution < 1.29 is 9.59 Å². The molecular weight excluding hydrogens is 222 g/mol. The predicted octanol–water partition coefficient (Wildman–Crippen LogP) is 2.45. The minimum atomic E-state index is 0.112. The fraction of sp³-hybridized carbons (Fsp3) is 0.833. The molecule has 0 saturated carbocycles. The molecule has 1 amide bonds. The smallest absolute Gasteiger partial charge is 0.224 e. The van der Waals surface area contributed by atoms with Gasteiger partial charge in [-0.2, -0.15) is 0 Å². The molecule has 0 aromatic carbocycles. The van der Waals surface area contributed by atoms with E-state index < -0.39 is 0 Å². The van der Waals surface area contributed by atoms with E-state index in [1.165, 1.54) is 11.8 Å². The summed E-state index contributed by atoms with van der Waals surface area (Å²) in [4.78, 5) is 24.7. The van der Waals surface area contributed by atoms with Crippen molar-refractivity contribution in [3.8, 4) is 0 Å². The lowest BCUT2D eigenvalue weighted by Crippen LogP contribution is -2.34. The maximum absolute atomic E-state index is 11.8. The number of nitrogens with zero attached hydrogens (tertiary/aromatic N) is 1. The number of carbonyl (C=O) groups is 2. The van der Waals surface area contributed by atoms with E-state index in [4.69, 9.17) is 0 Å². The molecule has 1 saturated heterocycles. The van der Waals surface area contributed by atoms with Crippen molar-refractivity contribution in [3.05, 3.63) is 0 Å². The van der Waals surface area contributed by atoms with E-state index in [1.807, 2.05) is 4.90 Å². The van der Waals surface area contributed by atoms with Gasteiger partial charge in [-0.15, -0.1) is 0 Å². The minimum Gasteiger partial charge on any atom is -0.339 e. The van der Waals surface area contributed by atoms with Crippen LogP contribution in [0.4, 0.5) is 0 Å². The topological polar surface area (TPSA) is 37.4 Å². The Bertz CT molecular complexity index is 268. The zero-order chi connectivity index (χ0) is 12.1. The third kappa shape index (κ3) is 3.81. The van der Waals surface area contributed by atoms with Gasteiger partial charge in [0.25, 0.3) is 0 Å². The highest BCUT2D eigenvalue weighted by atomic mass is 32.2. The minimum absolute atomic E-state index is 0.112. The Morgan fingerprint density at radius 3 is 2.88 bits per heavy atom. The molecule has 1 aliphatic rings. The Labute approximate surface area is 102 Å². The zero-order valence-electron chi connectivity index (χ0n) is 10.4. The lowest BCUT2D eigenvalue weighted by molar-refractivity contribution is -0.129. The van der Waals surface area contributed by atoms with Crippen molar-refractivity contribution in [3.63, 3.8) is 0 Å². The van der Waals surface area contributed by atoms with Gasteiger partial charge in [-0.05, 0) is 13.3 Å². The van der Waals surface area contributed by atoms with Crippen molar-refractivity contribution in [2.75, 3.05) is 6.54 Å². The normalized spacial score (nSPS) is 22.6. The van der Waals surface area contributed by atoms with Crippen LogP contribution in [0.1, 0.15) is 46.5 Å². The van der Waals surface area contributed by atoms with Gasteiger partial charge < -0.3 is 4.90 Å². The zero-order valence-corrected chi connectivity index (χ0v) is 11.2. The molecule has 1 rings (SSSR count). The molecule has 3 nitrogen and oxygen atoms in total. The number of carbonyl (C=O) groups excluding carboxylic acids is 2. The van der Waals surface area contributed by atoms with E-state index in [0.29, 0.717) is 12.5 Å². The molecule has 92 valence electrons. The first-order valence-corrected chi connectivity index (χ1v) is 6.89. The number of rotatable bonds is 5. The summed E-state index contributed by atoms with van der Waals surface area (Å²) in [5, 5.41) is 0.287. The summed E-state index contributed by atoms with van der Waals surface area (Å²) in [5.74, 6) is 0.211. The van der Waals surface area contributed by atoms with Gasteiger partial charge in [-0.1, -0.05) is 31.5 Å². The van der Waals surface area contributed by atoms with Gasteiger partial charge in [0.2, 0.25) is 5.91 Å². The Morgan fingerprint density at radius 2 is 2.31 bits per heavy atom. The number of thioether (sulfide) groups is 1. The van der Waals surface area contributed by atoms with Crippen LogP contribution in [0.25, 0.3) is 0 Å². The van der Waals surface area contributed by atoms with Crippen LogP contribution in [0.5, 0.6) is 0 Å². The lowest BCUT2D eigenvalue weighted by Gasteiger charge is -2.24. The van der Waals surface area contributed by atoms with Crippen LogP contribution in [-0.2, 0) is 9.59 Å². The molecule has 2 atom stereocenters. The average molecular weight is 243 g/mol. The summed E-state index contributed by atoms with van der Waals surface area (Å²) in [7, 11) is 0. The summed E-state index contributed by atoms with van der Waals surface area (Å²) in [5.41, 5.74) is 0. The third-order valence-corrected chi connectivity index (χ3v) is 3.94. The molecule has 2 unspecified atom stereocenters. The van der Waals surface area contributed by atoms with E-state index in [1.54, 1.807) is 6.92 Å². The maximum Gasteiger partial charge on any atom is 0.224 e. The van der Waals surface area contributed by atoms with Gasteiger partial charge in [0.1, 0.15) is 0 Å². The molecule has 0 N–H and O–H groups in total. The summed E-state index contributed by atoms with van der Waals surface area (Å²) in [6.45, 7) is 6.58. The van der Waals surface area contributed by atoms with Crippen LogP contribution >= 0.6 is 11.8 Å². The molecule has 0 radical (unpaired) electrons. The van der Waals surface area contributed by atoms with E-state index in [-0.39, 0.29) is 16.3 Å². The summed E-state index contributed by atoms with van der Waals surface area (Å²) >= 11 is 1.31. The summed E-state index contributed by atoms with van der Waals surface area (Å²) < 4.78 is 0. The van der Waals surface area contributed by atoms with Gasteiger partial charge in [0.05, 0.1) is 0 Å². The molecule has 1 fully saturated rings. The highest BCUT2D eigenvalue weighted by Crippen LogP contribution is 2.26. The van der Waals surface area contributed by atoms with Crippen LogP contribution in [0, 0.1) is 0 Å². The standard InChI is InChI=1S/C12H21NO2S/c1-4-5-6-9(2)13-8-11(7-12(13)15)16-10(3)14/h9,11H,4-8H2,1-3H3. The van der Waals surface area contributed by atoms with Crippen molar-refractivity contribution in [2.24, 2.45) is 0 Å². The second-order valence-corrected chi connectivity index (χ2v) is 5.95. The first-order valence-electron chi connectivity index (χ1n) is 6.01. The first-order chi connectivity index (χ1) is 7.54. The molecule has 1 heterocycles. The molecule has 0 aliphatic carbocycles. The Kier molecular flexibility index (Phi) is 5.32. The molecule has 0 spiro atoms. The second kappa shape index (κ2) is 6.28. The fourth-order valence-corrected chi connectivity index (χ4v) is 3.02. The van der Waals surface area contributed by atoms with Crippen LogP contribution in [0.2, 0.25) is 0 Å². The van der Waals surface area contributed by atoms with Gasteiger partial charge in [-0.25, -0.2) is 0 Å². The van der Waals surface area contributed by atoms with Crippen molar-refractivity contribution >= 4 is 22.8 Å². The van der Waals surface area contributed by atoms with E-state index in [0.717, 1.165) is 25.8 Å². The molecule has 0 aromatic rings. The van der Waals surface area contributed by atoms with E-state index in [2.05, 4.69) is 13.8 Å². The second-order valence-electron chi connectivity index (χ2n) is 4.47. The van der Waals surface area contributed by atoms with E-state index in [9.17, 15) is 9.59 Å². The highest BCUT2D eigenvalue weighted by molar-refractivity contribution is 8.14. The van der Waals surface area contributed by atoms with Gasteiger partial charge in [0.15, 0.2) is 5.12 Å². The number of hydrogen-bond acceptors (Lipinski definition) is 3. The summed E-state index contributed by atoms with van der Waals surface area (Å²) in [6, 6.07) is 0.324. The van der Waals surface area contributed by atoms with Crippen LogP contribution in [0.15, 0.2) is 0 Å². The van der Waals surface area contributed by atoms with Crippen molar-refractivity contribution in [1.82, 2.24) is 4.90 Å². The Hall–Kier alpha value is -0.510. The molecule has 1 aliphatic heterocycles. The van der Waals surface area contributed by atoms with Crippen molar-refractivity contribution in [1.29, 1.82) is 0 Å². The lowest BCUT2D eigenvalue weighted by atomic mass is 10.1. The largest absolute Gasteiger partial charge is 0.339 e. The highest BCUT2D eigenvalue weighted by Gasteiger charge is 2.33. The molecule has 0 bridgehead atoms. The quantitative estimate of drug-likeness (QED) is 0.744. The molecular formula is C12H21NO2S. The van der Waals surface area contributed by atoms with Gasteiger partial charge in [-0.3, -0.25) is 9.59 Å². The average Bonchev–Trinajstić information content (AvgIpc) is 2.54. The van der Waals surface area contributed by atoms with E-state index >= 15 is 0 Å². The van der Waals surface area contributed by atoms with Gasteiger partial charge >= 0.3 is 0 Å². The molecule has 0 aromatic heterocycles. The van der Waals surface area contributed by atoms with Crippen molar-refractivity contribution in [2.45, 2.75) is 57.7 Å². The van der Waals surface area contributed by atoms with Crippen LogP contribution in [-0.4, -0.2) is 33.8 Å². The van der Waals surface area contributed by atoms with Crippen LogP contribution in [0.3, 0.4) is 0 Å². The number of likely N-dealkylation sites (tertiary alicyclic amines) is 1. The monoisotopic (exact) mass is 243 g/mol. The maximum atomic E-state index is 11.8. The first kappa shape index (κ1) is 13.6. The summed E-state index contributed by atoms with van der Waals surface area (Å²) in [6.07, 6.45) is 3.92. The fourth-order valence-electron chi connectivity index (χ4n) is 2.09. The Morgan fingerprint density at radius 1 is 1.62 bits per heavy atom. The number of hydrogen-bond donors (Lipinski definition) is 0. The number of amides is 1. The van der Waals surface area contributed by atoms with Gasteiger partial charge in [0, 0.05) is 31.2 Å². The molecule has 4 heteroatoms. The third-order valence-electron chi connectivity index (χ3n) is 2.96. The van der Waals surface area contributed by atoms with Crippen LogP contribution < -0.4 is 0 Å². The number of unbranched alkanes of at least 4 members (excludes halogenated alkanes) is 1.